The Labute approximate surface area is 165 Å². The number of carbonyl (C=O) groups excluding carboxylic acids is 1. The van der Waals surface area contributed by atoms with Crippen LogP contribution in [-0.2, 0) is 13.0 Å². The van der Waals surface area contributed by atoms with Crippen molar-refractivity contribution < 1.29 is 9.53 Å². The maximum Gasteiger partial charge on any atom is 0.253 e. The number of imidazole rings is 1. The smallest absolute Gasteiger partial charge is 0.253 e. The predicted molar refractivity (Wildman–Crippen MR) is 109 cm³/mol. The Morgan fingerprint density at radius 1 is 1.21 bits per heavy atom. The number of nitrogens with zero attached hydrogens (tertiary/aromatic N) is 4. The van der Waals surface area contributed by atoms with Crippen LogP contribution in [0.3, 0.4) is 0 Å². The van der Waals surface area contributed by atoms with E-state index in [0.717, 1.165) is 55.2 Å². The fourth-order valence-corrected chi connectivity index (χ4v) is 3.98. The number of aryl methyl sites for hydroxylation is 1. The number of likely N-dealkylation sites (tertiary alicyclic amines) is 1. The van der Waals surface area contributed by atoms with Crippen molar-refractivity contribution in [3.05, 3.63) is 54.0 Å². The highest BCUT2D eigenvalue weighted by molar-refractivity contribution is 5.94. The Morgan fingerprint density at radius 2 is 2.04 bits per heavy atom. The molecule has 2 aromatic heterocycles. The summed E-state index contributed by atoms with van der Waals surface area (Å²) in [6.45, 7) is 7.11. The maximum atomic E-state index is 12.8. The molecule has 0 aliphatic carbocycles. The van der Waals surface area contributed by atoms with Gasteiger partial charge >= 0.3 is 0 Å². The molecule has 0 radical (unpaired) electrons. The molecular formula is C22H26N4O2. The van der Waals surface area contributed by atoms with E-state index in [2.05, 4.69) is 16.5 Å². The molecule has 0 saturated carbocycles. The Hall–Kier alpha value is -2.89. The summed E-state index contributed by atoms with van der Waals surface area (Å²) >= 11 is 0. The number of ether oxygens (including phenoxy) is 1. The minimum absolute atomic E-state index is 0.0937. The van der Waals surface area contributed by atoms with Crippen molar-refractivity contribution in [2.45, 2.75) is 33.2 Å². The van der Waals surface area contributed by atoms with Crippen LogP contribution in [0.2, 0.25) is 0 Å². The van der Waals surface area contributed by atoms with Crippen molar-refractivity contribution in [3.63, 3.8) is 0 Å². The molecule has 1 aromatic carbocycles. The lowest BCUT2D eigenvalue weighted by molar-refractivity contribution is 0.0787. The molecule has 1 fully saturated rings. The molecule has 146 valence electrons. The number of hydrogen-bond donors (Lipinski definition) is 0. The highest BCUT2D eigenvalue weighted by atomic mass is 16.5. The topological polar surface area (TPSA) is 60.2 Å². The number of fused-ring (bicyclic) bond motifs is 1. The molecule has 1 amide bonds. The molecule has 0 bridgehead atoms. The first-order valence-electron chi connectivity index (χ1n) is 10.0. The van der Waals surface area contributed by atoms with E-state index in [1.807, 2.05) is 54.4 Å². The monoisotopic (exact) mass is 378 g/mol. The highest BCUT2D eigenvalue weighted by Gasteiger charge is 2.28. The second-order valence-electron chi connectivity index (χ2n) is 7.19. The summed E-state index contributed by atoms with van der Waals surface area (Å²) in [5, 5.41) is 0. The summed E-state index contributed by atoms with van der Waals surface area (Å²) in [5.41, 5.74) is 2.61. The van der Waals surface area contributed by atoms with Gasteiger partial charge in [0.1, 0.15) is 17.1 Å². The molecule has 6 nitrogen and oxygen atoms in total. The van der Waals surface area contributed by atoms with Crippen LogP contribution in [0.1, 0.15) is 36.5 Å². The minimum atomic E-state index is 0.0937. The Balaban J connectivity index is 1.43. The van der Waals surface area contributed by atoms with Crippen molar-refractivity contribution in [2.75, 3.05) is 19.7 Å². The standard InChI is InChI=1S/C22H26N4O2/c1-3-26-20(24-19-6-5-12-23-21(19)26)14-16-11-13-25(15-16)22(27)17-7-9-18(10-8-17)28-4-2/h5-10,12,16H,3-4,11,13-15H2,1-2H3. The molecule has 1 unspecified atom stereocenters. The van der Waals surface area contributed by atoms with E-state index < -0.39 is 0 Å². The summed E-state index contributed by atoms with van der Waals surface area (Å²) in [5.74, 6) is 2.38. The van der Waals surface area contributed by atoms with Gasteiger partial charge in [-0.2, -0.15) is 0 Å². The number of aromatic nitrogens is 3. The van der Waals surface area contributed by atoms with Crippen LogP contribution in [0.4, 0.5) is 0 Å². The van der Waals surface area contributed by atoms with Crippen molar-refractivity contribution in [1.29, 1.82) is 0 Å². The maximum absolute atomic E-state index is 12.8. The van der Waals surface area contributed by atoms with Crippen LogP contribution in [0.15, 0.2) is 42.6 Å². The zero-order chi connectivity index (χ0) is 19.5. The fourth-order valence-electron chi connectivity index (χ4n) is 3.98. The summed E-state index contributed by atoms with van der Waals surface area (Å²) < 4.78 is 7.64. The van der Waals surface area contributed by atoms with E-state index in [0.29, 0.717) is 18.1 Å². The SMILES string of the molecule is CCOc1ccc(C(=O)N2CCC(Cc3nc4cccnc4n3CC)C2)cc1. The van der Waals surface area contributed by atoms with Crippen LogP contribution in [0, 0.1) is 5.92 Å². The largest absolute Gasteiger partial charge is 0.494 e. The lowest BCUT2D eigenvalue weighted by Gasteiger charge is -2.17. The van der Waals surface area contributed by atoms with Crippen LogP contribution >= 0.6 is 0 Å². The van der Waals surface area contributed by atoms with Crippen LogP contribution in [0.5, 0.6) is 5.75 Å². The van der Waals surface area contributed by atoms with Gasteiger partial charge in [0.05, 0.1) is 6.61 Å². The van der Waals surface area contributed by atoms with Crippen LogP contribution in [-0.4, -0.2) is 45.0 Å². The number of carbonyl (C=O) groups is 1. The Kier molecular flexibility index (Phi) is 5.28. The molecular weight excluding hydrogens is 352 g/mol. The molecule has 0 N–H and O–H groups in total. The van der Waals surface area contributed by atoms with E-state index in [1.165, 1.54) is 0 Å². The van der Waals surface area contributed by atoms with E-state index >= 15 is 0 Å². The third-order valence-electron chi connectivity index (χ3n) is 5.36. The molecule has 1 atom stereocenters. The van der Waals surface area contributed by atoms with Crippen molar-refractivity contribution in [1.82, 2.24) is 19.4 Å². The van der Waals surface area contributed by atoms with Gasteiger partial charge < -0.3 is 14.2 Å². The van der Waals surface area contributed by atoms with E-state index in [4.69, 9.17) is 9.72 Å². The number of pyridine rings is 1. The first-order valence-corrected chi connectivity index (χ1v) is 10.0. The summed E-state index contributed by atoms with van der Waals surface area (Å²) in [6.07, 6.45) is 3.69. The fraction of sp³-hybridized carbons (Fsp3) is 0.409. The van der Waals surface area contributed by atoms with Crippen molar-refractivity contribution in [2.24, 2.45) is 5.92 Å². The van der Waals surface area contributed by atoms with E-state index in [9.17, 15) is 4.79 Å². The molecule has 1 aliphatic heterocycles. The zero-order valence-corrected chi connectivity index (χ0v) is 16.5. The second kappa shape index (κ2) is 8.00. The average Bonchev–Trinajstić information content (AvgIpc) is 3.32. The molecule has 6 heteroatoms. The van der Waals surface area contributed by atoms with E-state index in [-0.39, 0.29) is 5.91 Å². The third kappa shape index (κ3) is 3.59. The molecule has 1 saturated heterocycles. The molecule has 4 rings (SSSR count). The summed E-state index contributed by atoms with van der Waals surface area (Å²) in [6, 6.07) is 11.4. The van der Waals surface area contributed by atoms with Gasteiger partial charge in [-0.3, -0.25) is 4.79 Å². The van der Waals surface area contributed by atoms with Gasteiger partial charge in [0, 0.05) is 37.8 Å². The molecule has 0 spiro atoms. The summed E-state index contributed by atoms with van der Waals surface area (Å²) in [4.78, 5) is 24.0. The average molecular weight is 378 g/mol. The lowest BCUT2D eigenvalue weighted by atomic mass is 10.0. The van der Waals surface area contributed by atoms with Gasteiger partial charge in [-0.15, -0.1) is 0 Å². The Morgan fingerprint density at radius 3 is 2.79 bits per heavy atom. The highest BCUT2D eigenvalue weighted by Crippen LogP contribution is 2.24. The number of rotatable bonds is 6. The van der Waals surface area contributed by atoms with Gasteiger partial charge in [-0.05, 0) is 62.6 Å². The minimum Gasteiger partial charge on any atom is -0.494 e. The van der Waals surface area contributed by atoms with Crippen LogP contribution < -0.4 is 4.74 Å². The molecule has 3 aromatic rings. The quantitative estimate of drug-likeness (QED) is 0.658. The van der Waals surface area contributed by atoms with Gasteiger partial charge in [0.2, 0.25) is 0 Å². The van der Waals surface area contributed by atoms with Gasteiger partial charge in [0.25, 0.3) is 5.91 Å². The van der Waals surface area contributed by atoms with Gasteiger partial charge in [-0.25, -0.2) is 9.97 Å². The van der Waals surface area contributed by atoms with Gasteiger partial charge in [-0.1, -0.05) is 0 Å². The summed E-state index contributed by atoms with van der Waals surface area (Å²) in [7, 11) is 0. The molecule has 3 heterocycles. The normalized spacial score (nSPS) is 16.6. The Bertz CT molecular complexity index is 964. The molecule has 28 heavy (non-hydrogen) atoms. The molecule has 1 aliphatic rings. The van der Waals surface area contributed by atoms with E-state index in [1.54, 1.807) is 0 Å². The number of amides is 1. The van der Waals surface area contributed by atoms with Crippen molar-refractivity contribution in [3.8, 4) is 5.75 Å². The number of benzene rings is 1. The first-order chi connectivity index (χ1) is 13.7. The van der Waals surface area contributed by atoms with Crippen LogP contribution in [0.25, 0.3) is 11.2 Å². The predicted octanol–water partition coefficient (Wildman–Crippen LogP) is 3.55. The lowest BCUT2D eigenvalue weighted by Crippen LogP contribution is -2.29. The number of hydrogen-bond acceptors (Lipinski definition) is 4. The van der Waals surface area contributed by atoms with Crippen molar-refractivity contribution >= 4 is 17.1 Å². The second-order valence-corrected chi connectivity index (χ2v) is 7.19. The first kappa shape index (κ1) is 18.5. The van der Waals surface area contributed by atoms with Gasteiger partial charge in [0.15, 0.2) is 5.65 Å². The zero-order valence-electron chi connectivity index (χ0n) is 16.5. The third-order valence-corrected chi connectivity index (χ3v) is 5.36.